The largest absolute Gasteiger partial charge is 0.368 e. The summed E-state index contributed by atoms with van der Waals surface area (Å²) in [5.41, 5.74) is 0.953. The maximum atomic E-state index is 5.73. The Morgan fingerprint density at radius 1 is 1.73 bits per heavy atom. The maximum Gasteiger partial charge on any atom is 0.123 e. The average Bonchev–Trinajstić information content (AvgIpc) is 2.78. The summed E-state index contributed by atoms with van der Waals surface area (Å²) in [7, 11) is 0. The van der Waals surface area contributed by atoms with E-state index in [-0.39, 0.29) is 6.10 Å². The summed E-state index contributed by atoms with van der Waals surface area (Å²) < 4.78 is 5.72. The lowest BCUT2D eigenvalue weighted by molar-refractivity contribution is -0.0282. The summed E-state index contributed by atoms with van der Waals surface area (Å²) in [6.45, 7) is 6.03. The van der Waals surface area contributed by atoms with Crippen LogP contribution in [-0.4, -0.2) is 36.1 Å². The zero-order valence-electron chi connectivity index (χ0n) is 8.78. The molecule has 1 unspecified atom stereocenters. The highest BCUT2D eigenvalue weighted by Gasteiger charge is 2.23. The first-order valence-corrected chi connectivity index (χ1v) is 6.59. The van der Waals surface area contributed by atoms with E-state index in [1.165, 1.54) is 0 Å². The summed E-state index contributed by atoms with van der Waals surface area (Å²) in [5, 5.41) is 3.07. The molecule has 1 aromatic heterocycles. The molecule has 0 N–H and O–H groups in total. The summed E-state index contributed by atoms with van der Waals surface area (Å²) >= 11 is 7.37. The molecule has 0 spiro atoms. The molecule has 1 aliphatic rings. The topological polar surface area (TPSA) is 25.4 Å². The van der Waals surface area contributed by atoms with E-state index in [1.54, 1.807) is 11.3 Å². The van der Waals surface area contributed by atoms with Gasteiger partial charge in [-0.3, -0.25) is 4.90 Å². The number of ether oxygens (including phenoxy) is 1. The molecule has 0 amide bonds. The van der Waals surface area contributed by atoms with Gasteiger partial charge in [-0.1, -0.05) is 6.92 Å². The Hall–Kier alpha value is -0.160. The van der Waals surface area contributed by atoms with E-state index in [4.69, 9.17) is 16.3 Å². The maximum absolute atomic E-state index is 5.73. The molecule has 0 bridgehead atoms. The van der Waals surface area contributed by atoms with Gasteiger partial charge in [0.2, 0.25) is 0 Å². The van der Waals surface area contributed by atoms with Gasteiger partial charge in [0, 0.05) is 18.5 Å². The average molecular weight is 247 g/mol. The fourth-order valence-corrected chi connectivity index (χ4v) is 2.76. The fourth-order valence-electron chi connectivity index (χ4n) is 1.67. The lowest BCUT2D eigenvalue weighted by Crippen LogP contribution is -2.38. The van der Waals surface area contributed by atoms with Gasteiger partial charge in [0.15, 0.2) is 0 Å². The highest BCUT2D eigenvalue weighted by molar-refractivity contribution is 7.09. The summed E-state index contributed by atoms with van der Waals surface area (Å²) in [6.07, 6.45) is 0.140. The van der Waals surface area contributed by atoms with Gasteiger partial charge in [-0.05, 0) is 6.54 Å². The molecule has 1 fully saturated rings. The number of hydrogen-bond acceptors (Lipinski definition) is 4. The van der Waals surface area contributed by atoms with Gasteiger partial charge in [-0.25, -0.2) is 4.98 Å². The molecule has 84 valence electrons. The van der Waals surface area contributed by atoms with E-state index in [2.05, 4.69) is 16.8 Å². The zero-order chi connectivity index (χ0) is 10.7. The van der Waals surface area contributed by atoms with Crippen LogP contribution < -0.4 is 0 Å². The van der Waals surface area contributed by atoms with Gasteiger partial charge in [0.05, 0.1) is 18.2 Å². The molecule has 1 atom stereocenters. The summed E-state index contributed by atoms with van der Waals surface area (Å²) in [5.74, 6) is 0.487. The number of hydrogen-bond donors (Lipinski definition) is 0. The Morgan fingerprint density at radius 2 is 2.60 bits per heavy atom. The van der Waals surface area contributed by atoms with E-state index in [9.17, 15) is 0 Å². The number of thiazole rings is 1. The summed E-state index contributed by atoms with van der Waals surface area (Å²) in [6, 6.07) is 0. The van der Waals surface area contributed by atoms with Crippen LogP contribution in [0.5, 0.6) is 0 Å². The van der Waals surface area contributed by atoms with Crippen molar-refractivity contribution in [1.82, 2.24) is 9.88 Å². The number of halogens is 1. The second-order valence-corrected chi connectivity index (χ2v) is 4.72. The molecule has 1 aliphatic heterocycles. The fraction of sp³-hybridized carbons (Fsp3) is 0.700. The second-order valence-electron chi connectivity index (χ2n) is 3.56. The molecule has 0 saturated carbocycles. The molecule has 2 rings (SSSR count). The number of aromatic nitrogens is 1. The van der Waals surface area contributed by atoms with Gasteiger partial charge in [0.25, 0.3) is 0 Å². The molecule has 5 heteroatoms. The molecule has 0 aromatic carbocycles. The van der Waals surface area contributed by atoms with Crippen molar-refractivity contribution in [3.63, 3.8) is 0 Å². The predicted molar refractivity (Wildman–Crippen MR) is 62.5 cm³/mol. The van der Waals surface area contributed by atoms with Crippen molar-refractivity contribution in [3.8, 4) is 0 Å². The van der Waals surface area contributed by atoms with Crippen LogP contribution in [0.1, 0.15) is 23.7 Å². The van der Waals surface area contributed by atoms with Crippen molar-refractivity contribution in [2.75, 3.05) is 26.2 Å². The van der Waals surface area contributed by atoms with Gasteiger partial charge in [-0.2, -0.15) is 0 Å². The smallest absolute Gasteiger partial charge is 0.123 e. The van der Waals surface area contributed by atoms with Gasteiger partial charge in [0.1, 0.15) is 11.1 Å². The van der Waals surface area contributed by atoms with Crippen molar-refractivity contribution in [1.29, 1.82) is 0 Å². The third-order valence-corrected chi connectivity index (χ3v) is 3.84. The lowest BCUT2D eigenvalue weighted by atomic mass is 10.3. The van der Waals surface area contributed by atoms with Crippen LogP contribution in [0.3, 0.4) is 0 Å². The number of rotatable bonds is 3. The second kappa shape index (κ2) is 5.25. The Morgan fingerprint density at radius 3 is 3.27 bits per heavy atom. The van der Waals surface area contributed by atoms with Gasteiger partial charge < -0.3 is 4.74 Å². The minimum Gasteiger partial charge on any atom is -0.368 e. The van der Waals surface area contributed by atoms with Crippen molar-refractivity contribution >= 4 is 22.9 Å². The first-order chi connectivity index (χ1) is 7.33. The van der Waals surface area contributed by atoms with Crippen LogP contribution in [0.15, 0.2) is 5.38 Å². The Bertz CT molecular complexity index is 318. The third-order valence-electron chi connectivity index (χ3n) is 2.58. The monoisotopic (exact) mass is 246 g/mol. The lowest BCUT2D eigenvalue weighted by Gasteiger charge is -2.30. The molecular weight excluding hydrogens is 232 g/mol. The molecule has 0 radical (unpaired) electrons. The van der Waals surface area contributed by atoms with Crippen molar-refractivity contribution < 1.29 is 4.74 Å². The zero-order valence-corrected chi connectivity index (χ0v) is 10.4. The molecule has 2 heterocycles. The van der Waals surface area contributed by atoms with Crippen LogP contribution in [0.25, 0.3) is 0 Å². The highest BCUT2D eigenvalue weighted by Crippen LogP contribution is 2.25. The van der Waals surface area contributed by atoms with Crippen molar-refractivity contribution in [2.45, 2.75) is 18.9 Å². The van der Waals surface area contributed by atoms with Crippen LogP contribution in [-0.2, 0) is 10.6 Å². The Balaban J connectivity index is 2.03. The SMILES string of the molecule is CCN1CCOC(c2nc(CCl)cs2)C1. The van der Waals surface area contributed by atoms with E-state index >= 15 is 0 Å². The standard InChI is InChI=1S/C10H15ClN2OS/c1-2-13-3-4-14-9(6-13)10-12-8(5-11)7-15-10/h7,9H,2-6H2,1H3. The first-order valence-electron chi connectivity index (χ1n) is 5.17. The minimum absolute atomic E-state index is 0.140. The highest BCUT2D eigenvalue weighted by atomic mass is 35.5. The van der Waals surface area contributed by atoms with Crippen LogP contribution >= 0.6 is 22.9 Å². The number of likely N-dealkylation sites (N-methyl/N-ethyl adjacent to an activating group) is 1. The molecule has 3 nitrogen and oxygen atoms in total. The Labute approximate surface area is 99.0 Å². The molecule has 1 saturated heterocycles. The normalized spacial score (nSPS) is 23.2. The molecule has 1 aromatic rings. The predicted octanol–water partition coefficient (Wildman–Crippen LogP) is 2.28. The van der Waals surface area contributed by atoms with E-state index < -0.39 is 0 Å². The van der Waals surface area contributed by atoms with Gasteiger partial charge >= 0.3 is 0 Å². The van der Waals surface area contributed by atoms with E-state index in [1.807, 2.05) is 5.38 Å². The van der Waals surface area contributed by atoms with Crippen LogP contribution in [0, 0.1) is 0 Å². The molecular formula is C10H15ClN2OS. The number of morpholine rings is 1. The summed E-state index contributed by atoms with van der Waals surface area (Å²) in [4.78, 5) is 6.84. The van der Waals surface area contributed by atoms with E-state index in [0.29, 0.717) is 5.88 Å². The first kappa shape index (κ1) is 11.3. The quantitative estimate of drug-likeness (QED) is 0.766. The van der Waals surface area contributed by atoms with Gasteiger partial charge in [-0.15, -0.1) is 22.9 Å². The Kier molecular flexibility index (Phi) is 3.97. The van der Waals surface area contributed by atoms with Crippen molar-refractivity contribution in [3.05, 3.63) is 16.1 Å². The molecule has 0 aliphatic carbocycles. The number of alkyl halides is 1. The molecule has 15 heavy (non-hydrogen) atoms. The van der Waals surface area contributed by atoms with E-state index in [0.717, 1.165) is 36.9 Å². The van der Waals surface area contributed by atoms with Crippen LogP contribution in [0.2, 0.25) is 0 Å². The van der Waals surface area contributed by atoms with Crippen molar-refractivity contribution in [2.24, 2.45) is 0 Å². The number of nitrogens with zero attached hydrogens (tertiary/aromatic N) is 2. The minimum atomic E-state index is 0.140. The third kappa shape index (κ3) is 2.69. The van der Waals surface area contributed by atoms with Crippen LogP contribution in [0.4, 0.5) is 0 Å².